The third-order valence-corrected chi connectivity index (χ3v) is 4.55. The van der Waals surface area contributed by atoms with Crippen molar-refractivity contribution in [2.24, 2.45) is 5.92 Å². The zero-order valence-electron chi connectivity index (χ0n) is 14.4. The Labute approximate surface area is 138 Å². The highest BCUT2D eigenvalue weighted by molar-refractivity contribution is 5.93. The van der Waals surface area contributed by atoms with Crippen LogP contribution in [0.15, 0.2) is 16.9 Å². The van der Waals surface area contributed by atoms with Crippen molar-refractivity contribution < 1.29 is 9.53 Å². The first-order valence-electron chi connectivity index (χ1n) is 8.54. The smallest absolute Gasteiger partial charge is 0.261 e. The van der Waals surface area contributed by atoms with Crippen LogP contribution in [-0.4, -0.2) is 42.6 Å². The summed E-state index contributed by atoms with van der Waals surface area (Å²) >= 11 is 0. The Bertz CT molecular complexity index is 580. The molecule has 1 fully saturated rings. The second-order valence-corrected chi connectivity index (χ2v) is 6.71. The van der Waals surface area contributed by atoms with Crippen LogP contribution in [0, 0.1) is 5.92 Å². The summed E-state index contributed by atoms with van der Waals surface area (Å²) in [6.07, 6.45) is 4.24. The summed E-state index contributed by atoms with van der Waals surface area (Å²) in [5.74, 6) is 0.613. The topological polar surface area (TPSA) is 62.4 Å². The van der Waals surface area contributed by atoms with Gasteiger partial charge in [0.15, 0.2) is 0 Å². The number of hydrogen-bond donors (Lipinski definition) is 1. The minimum Gasteiger partial charge on any atom is -0.385 e. The molecule has 5 nitrogen and oxygen atoms in total. The maximum atomic E-state index is 12.7. The van der Waals surface area contributed by atoms with E-state index in [0.717, 1.165) is 51.1 Å². The Kier molecular flexibility index (Phi) is 6.39. The first-order chi connectivity index (χ1) is 11.0. The Morgan fingerprint density at radius 2 is 2.22 bits per heavy atom. The van der Waals surface area contributed by atoms with E-state index in [1.54, 1.807) is 13.2 Å². The summed E-state index contributed by atoms with van der Waals surface area (Å²) in [7, 11) is 1.71. The van der Waals surface area contributed by atoms with E-state index in [1.165, 1.54) is 0 Å². The van der Waals surface area contributed by atoms with Crippen LogP contribution in [0.4, 0.5) is 0 Å². The van der Waals surface area contributed by atoms with E-state index in [1.807, 2.05) is 24.8 Å². The van der Waals surface area contributed by atoms with E-state index in [4.69, 9.17) is 4.74 Å². The molecule has 0 bridgehead atoms. The number of aromatic nitrogens is 1. The molecule has 0 aromatic carbocycles. The number of nitrogens with one attached hydrogen (secondary N) is 1. The van der Waals surface area contributed by atoms with Gasteiger partial charge in [0, 0.05) is 32.5 Å². The summed E-state index contributed by atoms with van der Waals surface area (Å²) in [6.45, 7) is 6.28. The zero-order chi connectivity index (χ0) is 16.8. The Morgan fingerprint density at radius 1 is 1.43 bits per heavy atom. The maximum absolute atomic E-state index is 12.7. The normalized spacial score (nSPS) is 18.4. The highest BCUT2D eigenvalue weighted by Gasteiger charge is 2.25. The molecule has 1 saturated heterocycles. The number of likely N-dealkylation sites (tertiary alicyclic amines) is 1. The standard InChI is InChI=1S/C18H28N2O3/c1-13(2)16-9-8-15(17(21)19-16)18(22)20-10-4-6-14(12-20)7-5-11-23-3/h8-9,13-14H,4-7,10-12H2,1-3H3,(H,19,21). The van der Waals surface area contributed by atoms with Crippen molar-refractivity contribution in [3.05, 3.63) is 33.7 Å². The first-order valence-corrected chi connectivity index (χ1v) is 8.54. The molecule has 1 N–H and O–H groups in total. The van der Waals surface area contributed by atoms with Crippen molar-refractivity contribution in [1.82, 2.24) is 9.88 Å². The van der Waals surface area contributed by atoms with Gasteiger partial charge in [0.2, 0.25) is 0 Å². The van der Waals surface area contributed by atoms with E-state index in [2.05, 4.69) is 4.98 Å². The summed E-state index contributed by atoms with van der Waals surface area (Å²) in [5, 5.41) is 0. The molecule has 1 aromatic heterocycles. The first kappa shape index (κ1) is 17.7. The zero-order valence-corrected chi connectivity index (χ0v) is 14.4. The fourth-order valence-electron chi connectivity index (χ4n) is 3.17. The van der Waals surface area contributed by atoms with Crippen LogP contribution in [0.5, 0.6) is 0 Å². The monoisotopic (exact) mass is 320 g/mol. The van der Waals surface area contributed by atoms with Gasteiger partial charge in [-0.3, -0.25) is 9.59 Å². The molecule has 1 aliphatic heterocycles. The molecule has 0 saturated carbocycles. The molecule has 1 atom stereocenters. The van der Waals surface area contributed by atoms with Gasteiger partial charge < -0.3 is 14.6 Å². The molecule has 1 amide bonds. The number of rotatable bonds is 6. The molecular formula is C18H28N2O3. The molecule has 23 heavy (non-hydrogen) atoms. The fourth-order valence-corrected chi connectivity index (χ4v) is 3.17. The molecule has 2 heterocycles. The molecule has 1 aromatic rings. The number of nitrogens with zero attached hydrogens (tertiary/aromatic N) is 1. The van der Waals surface area contributed by atoms with Crippen LogP contribution in [0.25, 0.3) is 0 Å². The van der Waals surface area contributed by atoms with Crippen LogP contribution in [0.1, 0.15) is 61.5 Å². The second-order valence-electron chi connectivity index (χ2n) is 6.71. The van der Waals surface area contributed by atoms with Crippen LogP contribution in [-0.2, 0) is 4.74 Å². The number of H-pyrrole nitrogens is 1. The quantitative estimate of drug-likeness (QED) is 0.820. The van der Waals surface area contributed by atoms with Crippen molar-refractivity contribution >= 4 is 5.91 Å². The molecule has 1 unspecified atom stereocenters. The van der Waals surface area contributed by atoms with Crippen molar-refractivity contribution in [2.45, 2.75) is 45.4 Å². The predicted octanol–water partition coefficient (Wildman–Crippen LogP) is 2.78. The predicted molar refractivity (Wildman–Crippen MR) is 90.9 cm³/mol. The van der Waals surface area contributed by atoms with Gasteiger partial charge in [-0.25, -0.2) is 0 Å². The molecule has 0 aliphatic carbocycles. The molecule has 128 valence electrons. The van der Waals surface area contributed by atoms with Gasteiger partial charge in [-0.2, -0.15) is 0 Å². The third kappa shape index (κ3) is 4.67. The number of carbonyl (C=O) groups excluding carboxylic acids is 1. The molecule has 1 aliphatic rings. The largest absolute Gasteiger partial charge is 0.385 e. The SMILES string of the molecule is COCCCC1CCCN(C(=O)c2ccc(C(C)C)[nH]c2=O)C1. The number of methoxy groups -OCH3 is 1. The number of amides is 1. The lowest BCUT2D eigenvalue weighted by Crippen LogP contribution is -2.42. The number of hydrogen-bond acceptors (Lipinski definition) is 3. The van der Waals surface area contributed by atoms with Gasteiger partial charge in [0.1, 0.15) is 5.56 Å². The molecular weight excluding hydrogens is 292 g/mol. The molecule has 2 rings (SSSR count). The lowest BCUT2D eigenvalue weighted by Gasteiger charge is -2.32. The summed E-state index contributed by atoms with van der Waals surface area (Å²) in [4.78, 5) is 29.5. The number of carbonyl (C=O) groups is 1. The van der Waals surface area contributed by atoms with Gasteiger partial charge in [-0.05, 0) is 49.7 Å². The summed E-state index contributed by atoms with van der Waals surface area (Å²) < 4.78 is 5.10. The van der Waals surface area contributed by atoms with Crippen molar-refractivity contribution in [2.75, 3.05) is 26.8 Å². The molecule has 5 heteroatoms. The maximum Gasteiger partial charge on any atom is 0.261 e. The summed E-state index contributed by atoms with van der Waals surface area (Å²) in [5.41, 5.74) is 0.845. The molecule has 0 radical (unpaired) electrons. The van der Waals surface area contributed by atoms with Gasteiger partial charge >= 0.3 is 0 Å². The van der Waals surface area contributed by atoms with Crippen LogP contribution in [0.2, 0.25) is 0 Å². The average Bonchev–Trinajstić information content (AvgIpc) is 2.54. The summed E-state index contributed by atoms with van der Waals surface area (Å²) in [6, 6.07) is 3.52. The number of ether oxygens (including phenoxy) is 1. The van der Waals surface area contributed by atoms with E-state index in [9.17, 15) is 9.59 Å². The van der Waals surface area contributed by atoms with E-state index >= 15 is 0 Å². The Balaban J connectivity index is 2.03. The number of aromatic amines is 1. The Hall–Kier alpha value is -1.62. The van der Waals surface area contributed by atoms with Crippen LogP contribution < -0.4 is 5.56 Å². The minimum atomic E-state index is -0.275. The van der Waals surface area contributed by atoms with Gasteiger partial charge in [0.05, 0.1) is 0 Å². The number of piperidine rings is 1. The lowest BCUT2D eigenvalue weighted by atomic mass is 9.93. The highest BCUT2D eigenvalue weighted by Crippen LogP contribution is 2.22. The van der Waals surface area contributed by atoms with Crippen LogP contribution >= 0.6 is 0 Å². The van der Waals surface area contributed by atoms with Crippen LogP contribution in [0.3, 0.4) is 0 Å². The Morgan fingerprint density at radius 3 is 2.87 bits per heavy atom. The van der Waals surface area contributed by atoms with Gasteiger partial charge in [-0.1, -0.05) is 13.8 Å². The minimum absolute atomic E-state index is 0.141. The van der Waals surface area contributed by atoms with Crippen molar-refractivity contribution in [1.29, 1.82) is 0 Å². The van der Waals surface area contributed by atoms with E-state index in [-0.39, 0.29) is 22.9 Å². The molecule has 0 spiro atoms. The van der Waals surface area contributed by atoms with Gasteiger partial charge in [0.25, 0.3) is 11.5 Å². The van der Waals surface area contributed by atoms with Gasteiger partial charge in [-0.15, -0.1) is 0 Å². The van der Waals surface area contributed by atoms with Crippen molar-refractivity contribution in [3.63, 3.8) is 0 Å². The second kappa shape index (κ2) is 8.29. The lowest BCUT2D eigenvalue weighted by molar-refractivity contribution is 0.0658. The van der Waals surface area contributed by atoms with Crippen molar-refractivity contribution in [3.8, 4) is 0 Å². The highest BCUT2D eigenvalue weighted by atomic mass is 16.5. The number of pyridine rings is 1. The van der Waals surface area contributed by atoms with E-state index in [0.29, 0.717) is 5.92 Å². The van der Waals surface area contributed by atoms with E-state index < -0.39 is 0 Å². The third-order valence-electron chi connectivity index (χ3n) is 4.55. The average molecular weight is 320 g/mol. The fraction of sp³-hybridized carbons (Fsp3) is 0.667.